The maximum absolute atomic E-state index is 10.5. The Morgan fingerprint density at radius 2 is 2.00 bits per heavy atom. The molecule has 2 unspecified atom stereocenters. The third kappa shape index (κ3) is 5.50. The van der Waals surface area contributed by atoms with Gasteiger partial charge in [-0.2, -0.15) is 0 Å². The summed E-state index contributed by atoms with van der Waals surface area (Å²) in [6.45, 7) is 2.20. The Kier molecular flexibility index (Phi) is 5.81. The van der Waals surface area contributed by atoms with E-state index in [2.05, 4.69) is 6.92 Å². The van der Waals surface area contributed by atoms with Gasteiger partial charge in [-0.15, -0.1) is 0 Å². The van der Waals surface area contributed by atoms with E-state index >= 15 is 0 Å². The number of carboxylic acid groups (broad SMARTS) is 1. The van der Waals surface area contributed by atoms with Crippen LogP contribution in [0.25, 0.3) is 0 Å². The molecule has 0 bridgehead atoms. The lowest BCUT2D eigenvalue weighted by molar-refractivity contribution is -0.137. The minimum absolute atomic E-state index is 0.106. The summed E-state index contributed by atoms with van der Waals surface area (Å²) in [5.41, 5.74) is 5.80. The average molecular weight is 227 g/mol. The first kappa shape index (κ1) is 13.5. The highest BCUT2D eigenvalue weighted by Crippen LogP contribution is 2.30. The maximum atomic E-state index is 10.5. The predicted octanol–water partition coefficient (Wildman–Crippen LogP) is 2.79. The molecule has 3 nitrogen and oxygen atoms in total. The summed E-state index contributed by atoms with van der Waals surface area (Å²) in [7, 11) is 0. The summed E-state index contributed by atoms with van der Waals surface area (Å²) in [6.07, 6.45) is 9.04. The number of rotatable bonds is 6. The first-order valence-electron chi connectivity index (χ1n) is 6.55. The molecule has 3 heteroatoms. The SMILES string of the molecule is CC(CC(N)CC(=O)O)CC1CCCCC1. The van der Waals surface area contributed by atoms with Gasteiger partial charge in [0.2, 0.25) is 0 Å². The molecule has 94 valence electrons. The number of carboxylic acids is 1. The van der Waals surface area contributed by atoms with Gasteiger partial charge in [-0.25, -0.2) is 0 Å². The van der Waals surface area contributed by atoms with Crippen LogP contribution in [0.15, 0.2) is 0 Å². The average Bonchev–Trinajstić information content (AvgIpc) is 2.17. The van der Waals surface area contributed by atoms with Crippen molar-refractivity contribution in [1.29, 1.82) is 0 Å². The molecule has 1 aliphatic rings. The molecule has 0 aromatic rings. The van der Waals surface area contributed by atoms with Crippen molar-refractivity contribution < 1.29 is 9.90 Å². The van der Waals surface area contributed by atoms with Gasteiger partial charge in [-0.05, 0) is 24.7 Å². The van der Waals surface area contributed by atoms with Gasteiger partial charge in [-0.3, -0.25) is 4.79 Å². The number of carbonyl (C=O) groups is 1. The molecule has 0 aliphatic heterocycles. The normalized spacial score (nSPS) is 21.6. The summed E-state index contributed by atoms with van der Waals surface area (Å²) in [4.78, 5) is 10.5. The van der Waals surface area contributed by atoms with Crippen LogP contribution in [-0.2, 0) is 4.79 Å². The van der Waals surface area contributed by atoms with Crippen molar-refractivity contribution in [2.75, 3.05) is 0 Å². The Hall–Kier alpha value is -0.570. The largest absolute Gasteiger partial charge is 0.481 e. The zero-order valence-electron chi connectivity index (χ0n) is 10.3. The van der Waals surface area contributed by atoms with Crippen molar-refractivity contribution in [3.05, 3.63) is 0 Å². The lowest BCUT2D eigenvalue weighted by Gasteiger charge is -2.25. The zero-order chi connectivity index (χ0) is 12.0. The molecule has 0 heterocycles. The molecular formula is C13H25NO2. The lowest BCUT2D eigenvalue weighted by Crippen LogP contribution is -2.26. The van der Waals surface area contributed by atoms with Crippen LogP contribution in [0.5, 0.6) is 0 Å². The van der Waals surface area contributed by atoms with E-state index < -0.39 is 5.97 Å². The molecule has 3 N–H and O–H groups in total. The van der Waals surface area contributed by atoms with E-state index in [4.69, 9.17) is 10.8 Å². The van der Waals surface area contributed by atoms with Crippen LogP contribution < -0.4 is 5.73 Å². The highest BCUT2D eigenvalue weighted by molar-refractivity contribution is 5.67. The Morgan fingerprint density at radius 1 is 1.38 bits per heavy atom. The Morgan fingerprint density at radius 3 is 2.56 bits per heavy atom. The van der Waals surface area contributed by atoms with Gasteiger partial charge < -0.3 is 10.8 Å². The highest BCUT2D eigenvalue weighted by atomic mass is 16.4. The van der Waals surface area contributed by atoms with E-state index in [9.17, 15) is 4.79 Å². The van der Waals surface area contributed by atoms with E-state index in [1.54, 1.807) is 0 Å². The van der Waals surface area contributed by atoms with E-state index in [1.807, 2.05) is 0 Å². The van der Waals surface area contributed by atoms with Crippen LogP contribution in [0.1, 0.15) is 58.3 Å². The number of nitrogens with two attached hydrogens (primary N) is 1. The third-order valence-electron chi connectivity index (χ3n) is 3.60. The van der Waals surface area contributed by atoms with Crippen LogP contribution in [0.2, 0.25) is 0 Å². The molecule has 0 radical (unpaired) electrons. The van der Waals surface area contributed by atoms with Crippen molar-refractivity contribution in [3.8, 4) is 0 Å². The Bertz CT molecular complexity index is 212. The van der Waals surface area contributed by atoms with E-state index in [1.165, 1.54) is 38.5 Å². The molecule has 1 rings (SSSR count). The second kappa shape index (κ2) is 6.89. The van der Waals surface area contributed by atoms with Crippen LogP contribution in [0.3, 0.4) is 0 Å². The topological polar surface area (TPSA) is 63.3 Å². The fourth-order valence-electron chi connectivity index (χ4n) is 2.91. The molecular weight excluding hydrogens is 202 g/mol. The molecule has 0 amide bonds. The molecule has 1 saturated carbocycles. The van der Waals surface area contributed by atoms with Gasteiger partial charge in [0, 0.05) is 6.04 Å². The van der Waals surface area contributed by atoms with Gasteiger partial charge in [0.25, 0.3) is 0 Å². The highest BCUT2D eigenvalue weighted by Gasteiger charge is 2.18. The van der Waals surface area contributed by atoms with Gasteiger partial charge in [0.1, 0.15) is 0 Å². The van der Waals surface area contributed by atoms with E-state index in [-0.39, 0.29) is 12.5 Å². The lowest BCUT2D eigenvalue weighted by atomic mass is 9.81. The van der Waals surface area contributed by atoms with Crippen LogP contribution in [-0.4, -0.2) is 17.1 Å². The first-order valence-corrected chi connectivity index (χ1v) is 6.55. The van der Waals surface area contributed by atoms with Gasteiger partial charge in [0.05, 0.1) is 6.42 Å². The smallest absolute Gasteiger partial charge is 0.304 e. The summed E-state index contributed by atoms with van der Waals surface area (Å²) >= 11 is 0. The molecule has 1 fully saturated rings. The second-order valence-electron chi connectivity index (χ2n) is 5.44. The molecule has 16 heavy (non-hydrogen) atoms. The molecule has 1 aliphatic carbocycles. The van der Waals surface area contributed by atoms with Gasteiger partial charge in [0.15, 0.2) is 0 Å². The number of hydrogen-bond acceptors (Lipinski definition) is 2. The molecule has 0 saturated heterocycles. The molecule has 0 aromatic heterocycles. The Balaban J connectivity index is 2.18. The standard InChI is InChI=1S/C13H25NO2/c1-10(8-12(14)9-13(15)16)7-11-5-3-2-4-6-11/h10-12H,2-9,14H2,1H3,(H,15,16). The summed E-state index contributed by atoms with van der Waals surface area (Å²) < 4.78 is 0. The number of hydrogen-bond donors (Lipinski definition) is 2. The van der Waals surface area contributed by atoms with Gasteiger partial charge >= 0.3 is 5.97 Å². The van der Waals surface area contributed by atoms with Crippen molar-refractivity contribution >= 4 is 5.97 Å². The minimum atomic E-state index is -0.780. The van der Waals surface area contributed by atoms with Crippen LogP contribution in [0.4, 0.5) is 0 Å². The molecule has 0 spiro atoms. The maximum Gasteiger partial charge on any atom is 0.304 e. The number of aliphatic carboxylic acids is 1. The van der Waals surface area contributed by atoms with E-state index in [0.29, 0.717) is 5.92 Å². The second-order valence-corrected chi connectivity index (χ2v) is 5.44. The van der Waals surface area contributed by atoms with Gasteiger partial charge in [-0.1, -0.05) is 39.0 Å². The van der Waals surface area contributed by atoms with Crippen LogP contribution in [0, 0.1) is 11.8 Å². The summed E-state index contributed by atoms with van der Waals surface area (Å²) in [5, 5.41) is 8.64. The first-order chi connectivity index (χ1) is 7.58. The Labute approximate surface area is 98.4 Å². The summed E-state index contributed by atoms with van der Waals surface area (Å²) in [6, 6.07) is -0.170. The minimum Gasteiger partial charge on any atom is -0.481 e. The van der Waals surface area contributed by atoms with Crippen LogP contribution >= 0.6 is 0 Å². The van der Waals surface area contributed by atoms with Crippen molar-refractivity contribution in [3.63, 3.8) is 0 Å². The molecule has 2 atom stereocenters. The third-order valence-corrected chi connectivity index (χ3v) is 3.60. The fourth-order valence-corrected chi connectivity index (χ4v) is 2.91. The monoisotopic (exact) mass is 227 g/mol. The summed E-state index contributed by atoms with van der Waals surface area (Å²) in [5.74, 6) is 0.649. The van der Waals surface area contributed by atoms with Crippen molar-refractivity contribution in [2.24, 2.45) is 17.6 Å². The molecule has 0 aromatic carbocycles. The van der Waals surface area contributed by atoms with Crippen molar-refractivity contribution in [1.82, 2.24) is 0 Å². The van der Waals surface area contributed by atoms with E-state index in [0.717, 1.165) is 12.3 Å². The fraction of sp³-hybridized carbons (Fsp3) is 0.923. The zero-order valence-corrected chi connectivity index (χ0v) is 10.3. The quantitative estimate of drug-likeness (QED) is 0.733. The van der Waals surface area contributed by atoms with Crippen molar-refractivity contribution in [2.45, 2.75) is 64.3 Å². The predicted molar refractivity (Wildman–Crippen MR) is 65.2 cm³/mol.